The molecule has 0 aromatic heterocycles. The number of benzene rings is 1. The second-order valence-electron chi connectivity index (χ2n) is 4.73. The minimum absolute atomic E-state index is 0.104. The van der Waals surface area contributed by atoms with Gasteiger partial charge in [0, 0.05) is 6.07 Å². The van der Waals surface area contributed by atoms with Gasteiger partial charge in [0.1, 0.15) is 11.3 Å². The van der Waals surface area contributed by atoms with Gasteiger partial charge in [0.2, 0.25) is 0 Å². The van der Waals surface area contributed by atoms with Crippen LogP contribution in [0.2, 0.25) is 5.02 Å². The monoisotopic (exact) mass is 316 g/mol. The normalized spacial score (nSPS) is 13.3. The van der Waals surface area contributed by atoms with Crippen LogP contribution in [0.15, 0.2) is 18.2 Å². The molecule has 1 unspecified atom stereocenters. The molecule has 1 rings (SSSR count). The van der Waals surface area contributed by atoms with Gasteiger partial charge in [0.05, 0.1) is 29.7 Å². The zero-order chi connectivity index (χ0) is 16.0. The number of carbonyl (C=O) groups excluding carboxylic acids is 1. The fourth-order valence-electron chi connectivity index (χ4n) is 1.67. The summed E-state index contributed by atoms with van der Waals surface area (Å²) in [6, 6.07) is 3.95. The van der Waals surface area contributed by atoms with E-state index in [4.69, 9.17) is 22.1 Å². The van der Waals surface area contributed by atoms with E-state index in [1.807, 2.05) is 0 Å². The molecule has 1 aromatic rings. The van der Waals surface area contributed by atoms with Crippen molar-refractivity contribution in [3.63, 3.8) is 0 Å². The van der Waals surface area contributed by atoms with Crippen molar-refractivity contribution in [1.29, 1.82) is 0 Å². The number of hydrogen-bond acceptors (Lipinski definition) is 6. The lowest BCUT2D eigenvalue weighted by molar-refractivity contribution is -0.384. The van der Waals surface area contributed by atoms with Crippen molar-refractivity contribution in [2.75, 3.05) is 13.7 Å². The molecule has 0 aliphatic carbocycles. The van der Waals surface area contributed by atoms with Crippen molar-refractivity contribution in [2.24, 2.45) is 5.73 Å². The molecule has 0 fully saturated rings. The summed E-state index contributed by atoms with van der Waals surface area (Å²) in [5.74, 6) is -0.279. The summed E-state index contributed by atoms with van der Waals surface area (Å²) >= 11 is 5.90. The van der Waals surface area contributed by atoms with Gasteiger partial charge >= 0.3 is 5.97 Å². The van der Waals surface area contributed by atoms with E-state index in [1.54, 1.807) is 6.92 Å². The Hall–Kier alpha value is -1.86. The number of nitrogens with two attached hydrogens (primary N) is 1. The Bertz CT molecular complexity index is 533. The van der Waals surface area contributed by atoms with Crippen LogP contribution in [-0.4, -0.2) is 30.1 Å². The standard InChI is InChI=1S/C13H17ClN2O5/c1-13(15,12(17)20-2)6-3-7-21-11-8-9(16(18)19)4-5-10(11)14/h4-5,8H,3,6-7,15H2,1-2H3. The average Bonchev–Trinajstić information content (AvgIpc) is 2.43. The van der Waals surface area contributed by atoms with E-state index in [0.717, 1.165) is 0 Å². The summed E-state index contributed by atoms with van der Waals surface area (Å²) in [6.07, 6.45) is 0.827. The molecule has 0 bridgehead atoms. The van der Waals surface area contributed by atoms with Crippen LogP contribution in [0.3, 0.4) is 0 Å². The molecule has 0 radical (unpaired) electrons. The third-order valence-electron chi connectivity index (χ3n) is 2.88. The average molecular weight is 317 g/mol. The van der Waals surface area contributed by atoms with E-state index in [-0.39, 0.29) is 23.1 Å². The minimum atomic E-state index is -1.09. The first-order chi connectivity index (χ1) is 9.77. The zero-order valence-electron chi connectivity index (χ0n) is 11.8. The van der Waals surface area contributed by atoms with Crippen LogP contribution in [0.5, 0.6) is 5.75 Å². The topological polar surface area (TPSA) is 105 Å². The molecule has 1 atom stereocenters. The Morgan fingerprint density at radius 1 is 1.52 bits per heavy atom. The van der Waals surface area contributed by atoms with E-state index in [1.165, 1.54) is 25.3 Å². The lowest BCUT2D eigenvalue weighted by atomic mass is 9.98. The number of ether oxygens (including phenoxy) is 2. The van der Waals surface area contributed by atoms with E-state index in [9.17, 15) is 14.9 Å². The molecule has 7 nitrogen and oxygen atoms in total. The lowest BCUT2D eigenvalue weighted by Gasteiger charge is -2.21. The fraction of sp³-hybridized carbons (Fsp3) is 0.462. The van der Waals surface area contributed by atoms with Gasteiger partial charge in [-0.05, 0) is 25.8 Å². The van der Waals surface area contributed by atoms with Gasteiger partial charge in [-0.1, -0.05) is 11.6 Å². The maximum absolute atomic E-state index is 11.4. The van der Waals surface area contributed by atoms with Crippen LogP contribution >= 0.6 is 11.6 Å². The molecule has 21 heavy (non-hydrogen) atoms. The molecule has 1 aromatic carbocycles. The first-order valence-electron chi connectivity index (χ1n) is 6.22. The quantitative estimate of drug-likeness (QED) is 0.358. The predicted octanol–water partition coefficient (Wildman–Crippen LogP) is 2.30. The van der Waals surface area contributed by atoms with E-state index in [2.05, 4.69) is 4.74 Å². The number of nitro benzene ring substituents is 1. The zero-order valence-corrected chi connectivity index (χ0v) is 12.6. The molecule has 8 heteroatoms. The van der Waals surface area contributed by atoms with Crippen molar-refractivity contribution < 1.29 is 19.2 Å². The number of hydrogen-bond donors (Lipinski definition) is 1. The second kappa shape index (κ2) is 7.24. The maximum atomic E-state index is 11.4. The third kappa shape index (κ3) is 4.87. The number of rotatable bonds is 7. The van der Waals surface area contributed by atoms with Crippen molar-refractivity contribution >= 4 is 23.3 Å². The summed E-state index contributed by atoms with van der Waals surface area (Å²) in [7, 11) is 1.27. The molecule has 0 amide bonds. The van der Waals surface area contributed by atoms with Gasteiger partial charge in [-0.3, -0.25) is 14.9 Å². The van der Waals surface area contributed by atoms with Crippen molar-refractivity contribution in [3.8, 4) is 5.75 Å². The molecular formula is C13H17ClN2O5. The van der Waals surface area contributed by atoms with Gasteiger partial charge in [0.25, 0.3) is 5.69 Å². The molecule has 0 saturated carbocycles. The molecule has 0 heterocycles. The van der Waals surface area contributed by atoms with Gasteiger partial charge in [-0.2, -0.15) is 0 Å². The van der Waals surface area contributed by atoms with Crippen LogP contribution in [0, 0.1) is 10.1 Å². The number of non-ortho nitro benzene ring substituents is 1. The molecule has 2 N–H and O–H groups in total. The highest BCUT2D eigenvalue weighted by Crippen LogP contribution is 2.29. The number of nitro groups is 1. The number of halogens is 1. The molecule has 0 aliphatic rings. The van der Waals surface area contributed by atoms with E-state index >= 15 is 0 Å². The number of nitrogens with zero attached hydrogens (tertiary/aromatic N) is 1. The number of methoxy groups -OCH3 is 1. The third-order valence-corrected chi connectivity index (χ3v) is 3.19. The van der Waals surface area contributed by atoms with Crippen LogP contribution in [0.4, 0.5) is 5.69 Å². The molecule has 116 valence electrons. The molecule has 0 spiro atoms. The van der Waals surface area contributed by atoms with Crippen LogP contribution in [0.25, 0.3) is 0 Å². The SMILES string of the molecule is COC(=O)C(C)(N)CCCOc1cc([N+](=O)[O-])ccc1Cl. The fourth-order valence-corrected chi connectivity index (χ4v) is 1.85. The smallest absolute Gasteiger partial charge is 0.325 e. The van der Waals surface area contributed by atoms with Crippen LogP contribution < -0.4 is 10.5 Å². The van der Waals surface area contributed by atoms with Gasteiger partial charge in [0.15, 0.2) is 0 Å². The highest BCUT2D eigenvalue weighted by molar-refractivity contribution is 6.32. The highest BCUT2D eigenvalue weighted by Gasteiger charge is 2.28. The summed E-state index contributed by atoms with van der Waals surface area (Å²) < 4.78 is 9.98. The van der Waals surface area contributed by atoms with Crippen LogP contribution in [0.1, 0.15) is 19.8 Å². The highest BCUT2D eigenvalue weighted by atomic mass is 35.5. The Kier molecular flexibility index (Phi) is 5.92. The molecule has 0 saturated heterocycles. The Morgan fingerprint density at radius 2 is 2.19 bits per heavy atom. The largest absolute Gasteiger partial charge is 0.492 e. The summed E-state index contributed by atoms with van der Waals surface area (Å²) in [5.41, 5.74) is 4.60. The van der Waals surface area contributed by atoms with Crippen molar-refractivity contribution in [1.82, 2.24) is 0 Å². The second-order valence-corrected chi connectivity index (χ2v) is 5.14. The Balaban J connectivity index is 2.55. The summed E-state index contributed by atoms with van der Waals surface area (Å²) in [6.45, 7) is 1.80. The lowest BCUT2D eigenvalue weighted by Crippen LogP contribution is -2.45. The Labute approximate surface area is 127 Å². The van der Waals surface area contributed by atoms with Crippen molar-refractivity contribution in [2.45, 2.75) is 25.3 Å². The summed E-state index contributed by atoms with van der Waals surface area (Å²) in [4.78, 5) is 21.5. The van der Waals surface area contributed by atoms with Gasteiger partial charge in [-0.25, -0.2) is 0 Å². The first kappa shape index (κ1) is 17.2. The number of carbonyl (C=O) groups is 1. The van der Waals surface area contributed by atoms with Gasteiger partial charge in [-0.15, -0.1) is 0 Å². The molecular weight excluding hydrogens is 300 g/mol. The maximum Gasteiger partial charge on any atom is 0.325 e. The van der Waals surface area contributed by atoms with E-state index in [0.29, 0.717) is 12.8 Å². The van der Waals surface area contributed by atoms with Gasteiger partial charge < -0.3 is 15.2 Å². The summed E-state index contributed by atoms with van der Waals surface area (Å²) in [5, 5.41) is 11.0. The first-order valence-corrected chi connectivity index (χ1v) is 6.60. The predicted molar refractivity (Wildman–Crippen MR) is 77.4 cm³/mol. The van der Waals surface area contributed by atoms with E-state index < -0.39 is 16.4 Å². The van der Waals surface area contributed by atoms with Crippen LogP contribution in [-0.2, 0) is 9.53 Å². The van der Waals surface area contributed by atoms with Crippen molar-refractivity contribution in [3.05, 3.63) is 33.3 Å². The Morgan fingerprint density at radius 3 is 2.76 bits per heavy atom. The number of esters is 1. The minimum Gasteiger partial charge on any atom is -0.492 e. The molecule has 0 aliphatic heterocycles.